The second-order valence-electron chi connectivity index (χ2n) is 4.24. The van der Waals surface area contributed by atoms with Gasteiger partial charge in [0.15, 0.2) is 11.5 Å². The average molecular weight is 363 g/mol. The van der Waals surface area contributed by atoms with Crippen molar-refractivity contribution in [3.63, 3.8) is 0 Å². The Kier molecular flexibility index (Phi) is 3.67. The van der Waals surface area contributed by atoms with Crippen molar-refractivity contribution in [1.82, 2.24) is 3.11 Å². The molecule has 17 heavy (non-hydrogen) atoms. The largest absolute Gasteiger partial charge is 0.454 e. The molecule has 0 aliphatic carbocycles. The molecule has 3 nitrogen and oxygen atoms in total. The number of piperidine rings is 1. The fourth-order valence-electron chi connectivity index (χ4n) is 2.08. The van der Waals surface area contributed by atoms with E-state index in [4.69, 9.17) is 9.47 Å². The maximum absolute atomic E-state index is 5.40. The molecule has 0 unspecified atom stereocenters. The highest BCUT2D eigenvalue weighted by atomic mass is 127. The van der Waals surface area contributed by atoms with Gasteiger partial charge >= 0.3 is 0 Å². The van der Waals surface area contributed by atoms with Crippen molar-refractivity contribution in [1.29, 1.82) is 0 Å². The molecule has 1 fully saturated rings. The van der Waals surface area contributed by atoms with Crippen LogP contribution in [0, 0.1) is 0 Å². The fraction of sp³-hybridized carbons (Fsp3) is 0.500. The average Bonchev–Trinajstić information content (AvgIpc) is 2.79. The van der Waals surface area contributed by atoms with E-state index < -0.39 is 0 Å². The van der Waals surface area contributed by atoms with Gasteiger partial charge in [0.1, 0.15) is 0 Å². The van der Waals surface area contributed by atoms with E-state index in [2.05, 4.69) is 38.1 Å². The standard InChI is InChI=1S/C12H14INO2S/c13-14-5-3-9(4-6-14)17-10-1-2-11-12(7-10)16-8-15-11/h1-2,7,9H,3-6,8H2. The lowest BCUT2D eigenvalue weighted by Gasteiger charge is -2.26. The monoisotopic (exact) mass is 363 g/mol. The molecule has 0 N–H and O–H groups in total. The summed E-state index contributed by atoms with van der Waals surface area (Å²) in [5, 5.41) is 0.737. The zero-order valence-electron chi connectivity index (χ0n) is 9.39. The zero-order valence-corrected chi connectivity index (χ0v) is 12.4. The summed E-state index contributed by atoms with van der Waals surface area (Å²) in [4.78, 5) is 1.29. The number of rotatable bonds is 2. The first-order chi connectivity index (χ1) is 8.31. The quantitative estimate of drug-likeness (QED) is 0.594. The van der Waals surface area contributed by atoms with Gasteiger partial charge in [-0.3, -0.25) is 0 Å². The van der Waals surface area contributed by atoms with E-state index in [1.165, 1.54) is 30.8 Å². The SMILES string of the molecule is IN1CCC(Sc2ccc3c(c2)OCO3)CC1. The van der Waals surface area contributed by atoms with Crippen molar-refractivity contribution in [2.45, 2.75) is 23.0 Å². The van der Waals surface area contributed by atoms with Gasteiger partial charge in [0, 0.05) is 46.1 Å². The number of hydrogen-bond donors (Lipinski definition) is 0. The Labute approximate surface area is 119 Å². The van der Waals surface area contributed by atoms with Crippen LogP contribution in [0.4, 0.5) is 0 Å². The van der Waals surface area contributed by atoms with E-state index >= 15 is 0 Å². The Balaban J connectivity index is 1.65. The van der Waals surface area contributed by atoms with Crippen molar-refractivity contribution in [3.05, 3.63) is 18.2 Å². The summed E-state index contributed by atoms with van der Waals surface area (Å²) in [6.45, 7) is 2.75. The summed E-state index contributed by atoms with van der Waals surface area (Å²) in [5.74, 6) is 1.76. The molecule has 0 amide bonds. The summed E-state index contributed by atoms with van der Waals surface area (Å²) in [6.07, 6.45) is 2.53. The molecule has 5 heteroatoms. The molecular formula is C12H14INO2S. The van der Waals surface area contributed by atoms with E-state index in [1.54, 1.807) is 0 Å². The van der Waals surface area contributed by atoms with Gasteiger partial charge in [0.25, 0.3) is 0 Å². The number of halogens is 1. The van der Waals surface area contributed by atoms with Crippen molar-refractivity contribution in [2.24, 2.45) is 0 Å². The van der Waals surface area contributed by atoms with Crippen molar-refractivity contribution < 1.29 is 9.47 Å². The van der Waals surface area contributed by atoms with Gasteiger partial charge < -0.3 is 9.47 Å². The van der Waals surface area contributed by atoms with Crippen LogP contribution in [0.25, 0.3) is 0 Å². The fourth-order valence-corrected chi connectivity index (χ4v) is 3.79. The Morgan fingerprint density at radius 1 is 1.18 bits per heavy atom. The molecule has 2 aliphatic rings. The second kappa shape index (κ2) is 5.24. The molecule has 1 saturated heterocycles. The van der Waals surface area contributed by atoms with Crippen LogP contribution >= 0.6 is 34.6 Å². The van der Waals surface area contributed by atoms with Gasteiger partial charge in [-0.05, 0) is 31.0 Å². The Bertz CT molecular complexity index is 407. The number of fused-ring (bicyclic) bond motifs is 1. The van der Waals surface area contributed by atoms with Crippen LogP contribution in [-0.2, 0) is 0 Å². The third kappa shape index (κ3) is 2.82. The normalized spacial score (nSPS) is 20.8. The maximum atomic E-state index is 5.40. The smallest absolute Gasteiger partial charge is 0.231 e. The molecule has 0 atom stereocenters. The zero-order chi connectivity index (χ0) is 11.7. The summed E-state index contributed by atoms with van der Waals surface area (Å²) in [5.41, 5.74) is 0. The lowest BCUT2D eigenvalue weighted by Crippen LogP contribution is -2.27. The minimum absolute atomic E-state index is 0.358. The Morgan fingerprint density at radius 3 is 2.76 bits per heavy atom. The summed E-state index contributed by atoms with van der Waals surface area (Å²) in [7, 11) is 0. The van der Waals surface area contributed by atoms with Gasteiger partial charge in [-0.2, -0.15) is 0 Å². The molecule has 0 radical (unpaired) electrons. The van der Waals surface area contributed by atoms with Gasteiger partial charge in [-0.15, -0.1) is 11.8 Å². The third-order valence-electron chi connectivity index (χ3n) is 3.03. The highest BCUT2D eigenvalue weighted by molar-refractivity contribution is 14.1. The van der Waals surface area contributed by atoms with E-state index in [-0.39, 0.29) is 0 Å². The first kappa shape index (κ1) is 11.9. The molecule has 1 aromatic rings. The van der Waals surface area contributed by atoms with Crippen LogP contribution in [-0.4, -0.2) is 28.2 Å². The number of thioether (sulfide) groups is 1. The topological polar surface area (TPSA) is 21.7 Å². The number of nitrogens with zero attached hydrogens (tertiary/aromatic N) is 1. The molecule has 3 rings (SSSR count). The van der Waals surface area contributed by atoms with E-state index in [9.17, 15) is 0 Å². The van der Waals surface area contributed by atoms with Gasteiger partial charge in [-0.25, -0.2) is 3.11 Å². The molecule has 1 aromatic carbocycles. The summed E-state index contributed by atoms with van der Waals surface area (Å²) >= 11 is 4.38. The number of hydrogen-bond acceptors (Lipinski definition) is 4. The molecule has 0 spiro atoms. The van der Waals surface area contributed by atoms with Gasteiger partial charge in [-0.1, -0.05) is 0 Å². The third-order valence-corrected chi connectivity index (χ3v) is 5.33. The highest BCUT2D eigenvalue weighted by Gasteiger charge is 2.20. The van der Waals surface area contributed by atoms with E-state index in [0.717, 1.165) is 16.7 Å². The van der Waals surface area contributed by atoms with Crippen LogP contribution in [0.3, 0.4) is 0 Å². The molecule has 0 bridgehead atoms. The lowest BCUT2D eigenvalue weighted by atomic mass is 10.2. The highest BCUT2D eigenvalue weighted by Crippen LogP contribution is 2.38. The molecule has 92 valence electrons. The predicted molar refractivity (Wildman–Crippen MR) is 77.0 cm³/mol. The summed E-state index contributed by atoms with van der Waals surface area (Å²) < 4.78 is 13.1. The minimum atomic E-state index is 0.358. The van der Waals surface area contributed by atoms with Crippen LogP contribution in [0.1, 0.15) is 12.8 Å². The Hall–Kier alpha value is -0.140. The van der Waals surface area contributed by atoms with Crippen LogP contribution < -0.4 is 9.47 Å². The van der Waals surface area contributed by atoms with E-state index in [1.807, 2.05) is 17.8 Å². The van der Waals surface area contributed by atoms with Crippen LogP contribution in [0.15, 0.2) is 23.1 Å². The molecule has 0 saturated carbocycles. The molecular weight excluding hydrogens is 349 g/mol. The number of benzene rings is 1. The van der Waals surface area contributed by atoms with Crippen molar-refractivity contribution in [2.75, 3.05) is 19.9 Å². The molecule has 0 aromatic heterocycles. The van der Waals surface area contributed by atoms with Crippen molar-refractivity contribution in [3.8, 4) is 11.5 Å². The minimum Gasteiger partial charge on any atom is -0.454 e. The van der Waals surface area contributed by atoms with Crippen LogP contribution in [0.2, 0.25) is 0 Å². The maximum Gasteiger partial charge on any atom is 0.231 e. The Morgan fingerprint density at radius 2 is 1.94 bits per heavy atom. The van der Waals surface area contributed by atoms with Gasteiger partial charge in [0.05, 0.1) is 0 Å². The second-order valence-corrected chi connectivity index (χ2v) is 6.98. The first-order valence-electron chi connectivity index (χ1n) is 5.78. The molecule has 2 aliphatic heterocycles. The van der Waals surface area contributed by atoms with Crippen LogP contribution in [0.5, 0.6) is 11.5 Å². The number of ether oxygens (including phenoxy) is 2. The molecule has 2 heterocycles. The van der Waals surface area contributed by atoms with Gasteiger partial charge in [0.2, 0.25) is 6.79 Å². The first-order valence-corrected chi connectivity index (χ1v) is 7.63. The van der Waals surface area contributed by atoms with E-state index in [0.29, 0.717) is 6.79 Å². The summed E-state index contributed by atoms with van der Waals surface area (Å²) in [6, 6.07) is 6.25. The predicted octanol–water partition coefficient (Wildman–Crippen LogP) is 3.32. The lowest BCUT2D eigenvalue weighted by molar-refractivity contribution is 0.174. The van der Waals surface area contributed by atoms with Crippen molar-refractivity contribution >= 4 is 34.6 Å².